The van der Waals surface area contributed by atoms with Crippen LogP contribution in [0.4, 0.5) is 0 Å². The van der Waals surface area contributed by atoms with Crippen LogP contribution in [-0.2, 0) is 0 Å². The van der Waals surface area contributed by atoms with Crippen LogP contribution in [0.25, 0.3) is 0 Å². The fourth-order valence-corrected chi connectivity index (χ4v) is 7.61. The van der Waals surface area contributed by atoms with Crippen molar-refractivity contribution in [3.8, 4) is 0 Å². The molecule has 0 atom stereocenters. The second-order valence-electron chi connectivity index (χ2n) is 16.4. The van der Waals surface area contributed by atoms with Gasteiger partial charge in [0.15, 0.2) is 0 Å². The highest BCUT2D eigenvalue weighted by molar-refractivity contribution is 4.81. The van der Waals surface area contributed by atoms with Crippen LogP contribution >= 0.6 is 0 Å². The highest BCUT2D eigenvalue weighted by Gasteiger charge is 1.98. The van der Waals surface area contributed by atoms with Crippen LogP contribution in [-0.4, -0.2) is 19.6 Å². The Balaban J connectivity index is 3.06. The van der Waals surface area contributed by atoms with E-state index < -0.39 is 0 Å². The molecule has 0 aromatic heterocycles. The molecular formula is C48H98N2. The lowest BCUT2D eigenvalue weighted by atomic mass is 10.0. The SMILES string of the molecule is CCCCCCCC/C=C\CCCCCCCCNCCCCCCCCCCCCCCCCCCCCCCCCCCCCCCN. The molecule has 0 bridgehead atoms. The Hall–Kier alpha value is -0.340. The van der Waals surface area contributed by atoms with Crippen LogP contribution in [0.2, 0.25) is 0 Å². The molecule has 0 spiro atoms. The number of nitrogens with two attached hydrogens (primary N) is 1. The first kappa shape index (κ1) is 49.7. The second kappa shape index (κ2) is 48.7. The zero-order chi connectivity index (χ0) is 35.9. The minimum Gasteiger partial charge on any atom is -0.330 e. The molecule has 300 valence electrons. The largest absolute Gasteiger partial charge is 0.330 e. The number of allylic oxidation sites excluding steroid dienone is 2. The lowest BCUT2D eigenvalue weighted by Crippen LogP contribution is -2.16. The van der Waals surface area contributed by atoms with Gasteiger partial charge in [0.25, 0.3) is 0 Å². The maximum Gasteiger partial charge on any atom is -0.00489 e. The van der Waals surface area contributed by atoms with Crippen molar-refractivity contribution in [2.24, 2.45) is 5.73 Å². The Morgan fingerprint density at radius 3 is 0.760 bits per heavy atom. The van der Waals surface area contributed by atoms with E-state index in [1.54, 1.807) is 0 Å². The first-order valence-electron chi connectivity index (χ1n) is 24.0. The molecule has 50 heavy (non-hydrogen) atoms. The Bertz CT molecular complexity index is 587. The molecule has 0 aliphatic heterocycles. The van der Waals surface area contributed by atoms with Crippen molar-refractivity contribution in [2.75, 3.05) is 19.6 Å². The summed E-state index contributed by atoms with van der Waals surface area (Å²) >= 11 is 0. The van der Waals surface area contributed by atoms with E-state index in [-0.39, 0.29) is 0 Å². The lowest BCUT2D eigenvalue weighted by Gasteiger charge is -2.06. The first-order valence-corrected chi connectivity index (χ1v) is 24.0. The zero-order valence-corrected chi connectivity index (χ0v) is 35.1. The summed E-state index contributed by atoms with van der Waals surface area (Å²) in [6.07, 6.45) is 65.1. The van der Waals surface area contributed by atoms with E-state index in [9.17, 15) is 0 Å². The average molecular weight is 703 g/mol. The predicted molar refractivity (Wildman–Crippen MR) is 231 cm³/mol. The number of hydrogen-bond donors (Lipinski definition) is 2. The third-order valence-corrected chi connectivity index (χ3v) is 11.2. The van der Waals surface area contributed by atoms with E-state index in [4.69, 9.17) is 5.73 Å². The van der Waals surface area contributed by atoms with Gasteiger partial charge in [-0.25, -0.2) is 0 Å². The minimum atomic E-state index is 0.873. The number of rotatable bonds is 46. The summed E-state index contributed by atoms with van der Waals surface area (Å²) in [5.41, 5.74) is 5.56. The van der Waals surface area contributed by atoms with Gasteiger partial charge in [0.2, 0.25) is 0 Å². The van der Waals surface area contributed by atoms with E-state index in [2.05, 4.69) is 24.4 Å². The van der Waals surface area contributed by atoms with Gasteiger partial charge in [0.1, 0.15) is 0 Å². The third kappa shape index (κ3) is 47.7. The molecule has 0 aromatic rings. The van der Waals surface area contributed by atoms with Gasteiger partial charge < -0.3 is 11.1 Å². The fourth-order valence-electron chi connectivity index (χ4n) is 7.61. The van der Waals surface area contributed by atoms with Crippen LogP contribution in [0.1, 0.15) is 277 Å². The van der Waals surface area contributed by atoms with Crippen molar-refractivity contribution >= 4 is 0 Å². The Morgan fingerprint density at radius 1 is 0.280 bits per heavy atom. The van der Waals surface area contributed by atoms with Gasteiger partial charge >= 0.3 is 0 Å². The smallest absolute Gasteiger partial charge is 0.00489 e. The number of unbranched alkanes of at least 4 members (excludes halogenated alkanes) is 39. The van der Waals surface area contributed by atoms with Crippen LogP contribution in [0.5, 0.6) is 0 Å². The summed E-state index contributed by atoms with van der Waals surface area (Å²) in [5.74, 6) is 0. The molecule has 0 aliphatic rings. The summed E-state index contributed by atoms with van der Waals surface area (Å²) in [5, 5.41) is 3.69. The highest BCUT2D eigenvalue weighted by Crippen LogP contribution is 2.16. The average Bonchev–Trinajstić information content (AvgIpc) is 3.13. The molecule has 0 aliphatic carbocycles. The van der Waals surface area contributed by atoms with Crippen LogP contribution in [0.3, 0.4) is 0 Å². The summed E-state index contributed by atoms with van der Waals surface area (Å²) in [7, 11) is 0. The Morgan fingerprint density at radius 2 is 0.500 bits per heavy atom. The fraction of sp³-hybridized carbons (Fsp3) is 0.958. The quantitative estimate of drug-likeness (QED) is 0.0489. The molecule has 3 N–H and O–H groups in total. The number of hydrogen-bond acceptors (Lipinski definition) is 2. The van der Waals surface area contributed by atoms with E-state index >= 15 is 0 Å². The van der Waals surface area contributed by atoms with Crippen molar-refractivity contribution in [2.45, 2.75) is 277 Å². The van der Waals surface area contributed by atoms with Crippen molar-refractivity contribution < 1.29 is 0 Å². The van der Waals surface area contributed by atoms with Crippen LogP contribution < -0.4 is 11.1 Å². The highest BCUT2D eigenvalue weighted by atomic mass is 14.8. The summed E-state index contributed by atoms with van der Waals surface area (Å²) in [4.78, 5) is 0. The topological polar surface area (TPSA) is 38.0 Å². The molecule has 2 nitrogen and oxygen atoms in total. The lowest BCUT2D eigenvalue weighted by molar-refractivity contribution is 0.511. The Labute approximate surface area is 318 Å². The normalized spacial score (nSPS) is 11.8. The van der Waals surface area contributed by atoms with Gasteiger partial charge in [-0.05, 0) is 64.6 Å². The molecule has 0 rings (SSSR count). The van der Waals surface area contributed by atoms with Gasteiger partial charge in [-0.2, -0.15) is 0 Å². The van der Waals surface area contributed by atoms with Gasteiger partial charge in [0.05, 0.1) is 0 Å². The molecule has 2 heteroatoms. The molecular weight excluding hydrogens is 605 g/mol. The summed E-state index contributed by atoms with van der Waals surface area (Å²) < 4.78 is 0. The second-order valence-corrected chi connectivity index (χ2v) is 16.4. The van der Waals surface area contributed by atoms with Crippen molar-refractivity contribution in [3.63, 3.8) is 0 Å². The maximum absolute atomic E-state index is 5.56. The molecule has 0 unspecified atom stereocenters. The van der Waals surface area contributed by atoms with Crippen LogP contribution in [0.15, 0.2) is 12.2 Å². The molecule has 0 aromatic carbocycles. The van der Waals surface area contributed by atoms with Gasteiger partial charge in [-0.15, -0.1) is 0 Å². The molecule has 0 fully saturated rings. The molecule has 0 saturated carbocycles. The van der Waals surface area contributed by atoms with E-state index in [1.807, 2.05) is 0 Å². The Kier molecular flexibility index (Phi) is 48.3. The third-order valence-electron chi connectivity index (χ3n) is 11.2. The summed E-state index contributed by atoms with van der Waals surface area (Å²) in [6.45, 7) is 5.64. The summed E-state index contributed by atoms with van der Waals surface area (Å²) in [6, 6.07) is 0. The standard InChI is InChI=1S/C48H98N2/c1-2-3-4-5-6-7-8-9-10-26-29-32-35-38-41-44-47-50-48-45-42-39-36-33-30-27-24-22-20-18-16-14-12-11-13-15-17-19-21-23-25-28-31-34-37-40-43-46-49/h9-10,50H,2-8,11-49H2,1H3/b10-9-. The first-order chi connectivity index (χ1) is 24.9. The van der Waals surface area contributed by atoms with Crippen molar-refractivity contribution in [1.82, 2.24) is 5.32 Å². The van der Waals surface area contributed by atoms with Gasteiger partial charge in [-0.3, -0.25) is 0 Å². The van der Waals surface area contributed by atoms with E-state index in [1.165, 1.54) is 283 Å². The van der Waals surface area contributed by atoms with Crippen molar-refractivity contribution in [3.05, 3.63) is 12.2 Å². The molecule has 0 radical (unpaired) electrons. The molecule has 0 saturated heterocycles. The molecule has 0 amide bonds. The van der Waals surface area contributed by atoms with Gasteiger partial charge in [0, 0.05) is 0 Å². The number of nitrogens with one attached hydrogen (secondary N) is 1. The molecule has 0 heterocycles. The monoisotopic (exact) mass is 703 g/mol. The van der Waals surface area contributed by atoms with Crippen molar-refractivity contribution in [1.29, 1.82) is 0 Å². The minimum absolute atomic E-state index is 0.873. The van der Waals surface area contributed by atoms with Gasteiger partial charge in [-0.1, -0.05) is 244 Å². The van der Waals surface area contributed by atoms with Crippen LogP contribution in [0, 0.1) is 0 Å². The van der Waals surface area contributed by atoms with E-state index in [0.717, 1.165) is 6.54 Å². The van der Waals surface area contributed by atoms with E-state index in [0.29, 0.717) is 0 Å². The predicted octanol–water partition coefficient (Wildman–Crippen LogP) is 16.5. The zero-order valence-electron chi connectivity index (χ0n) is 35.1. The maximum atomic E-state index is 5.56.